The van der Waals surface area contributed by atoms with E-state index in [0.717, 1.165) is 6.07 Å². The van der Waals surface area contributed by atoms with Gasteiger partial charge in [0, 0.05) is 11.1 Å². The first-order chi connectivity index (χ1) is 18.4. The van der Waals surface area contributed by atoms with Crippen molar-refractivity contribution in [3.8, 4) is 39.5 Å². The summed E-state index contributed by atoms with van der Waals surface area (Å²) in [6, 6.07) is 19.4. The van der Waals surface area contributed by atoms with E-state index in [0.29, 0.717) is 29.9 Å². The molecule has 0 amide bonds. The lowest BCUT2D eigenvalue weighted by Crippen LogP contribution is -2.09. The number of halogens is 3. The minimum Gasteiger partial charge on any atom is -0.494 e. The van der Waals surface area contributed by atoms with E-state index in [1.165, 1.54) is 48.5 Å². The molecule has 4 rings (SSSR count). The topological polar surface area (TPSA) is 44.8 Å². The van der Waals surface area contributed by atoms with Crippen molar-refractivity contribution in [1.82, 2.24) is 0 Å². The van der Waals surface area contributed by atoms with Crippen molar-refractivity contribution in [2.75, 3.05) is 13.2 Å². The third-order valence-electron chi connectivity index (χ3n) is 5.68. The molecule has 0 saturated carbocycles. The minimum absolute atomic E-state index is 0.000593. The summed E-state index contributed by atoms with van der Waals surface area (Å²) >= 11 is 0. The van der Waals surface area contributed by atoms with Gasteiger partial charge in [0.1, 0.15) is 11.5 Å². The summed E-state index contributed by atoms with van der Waals surface area (Å²) in [5.41, 5.74) is 1.10. The first-order valence-corrected chi connectivity index (χ1v) is 12.0. The Kier molecular flexibility index (Phi) is 8.48. The zero-order valence-electron chi connectivity index (χ0n) is 20.7. The second-order valence-corrected chi connectivity index (χ2v) is 8.23. The second-order valence-electron chi connectivity index (χ2n) is 8.23. The van der Waals surface area contributed by atoms with Gasteiger partial charge in [-0.2, -0.15) is 0 Å². The molecule has 7 heteroatoms. The van der Waals surface area contributed by atoms with Crippen molar-refractivity contribution in [2.45, 2.75) is 13.3 Å². The number of carbonyl (C=O) groups is 1. The van der Waals surface area contributed by atoms with Gasteiger partial charge in [0.25, 0.3) is 0 Å². The van der Waals surface area contributed by atoms with Gasteiger partial charge >= 0.3 is 5.97 Å². The van der Waals surface area contributed by atoms with Gasteiger partial charge < -0.3 is 14.2 Å². The lowest BCUT2D eigenvalue weighted by Gasteiger charge is -2.11. The summed E-state index contributed by atoms with van der Waals surface area (Å²) in [6.45, 7) is 6.21. The molecule has 0 spiro atoms. The van der Waals surface area contributed by atoms with Crippen LogP contribution in [0.4, 0.5) is 13.2 Å². The second kappa shape index (κ2) is 12.1. The quantitative estimate of drug-likeness (QED) is 0.0923. The smallest absolute Gasteiger partial charge is 0.343 e. The number of hydrogen-bond donors (Lipinski definition) is 0. The molecule has 0 N–H and O–H groups in total. The van der Waals surface area contributed by atoms with E-state index in [9.17, 15) is 18.0 Å². The first kappa shape index (κ1) is 26.5. The monoisotopic (exact) mass is 518 g/mol. The van der Waals surface area contributed by atoms with E-state index in [1.807, 2.05) is 6.92 Å². The number of rotatable bonds is 10. The molecule has 0 bridgehead atoms. The molecule has 38 heavy (non-hydrogen) atoms. The molecular weight excluding hydrogens is 493 g/mol. The van der Waals surface area contributed by atoms with Gasteiger partial charge in [-0.25, -0.2) is 18.0 Å². The Bertz CT molecular complexity index is 1430. The van der Waals surface area contributed by atoms with E-state index < -0.39 is 23.4 Å². The van der Waals surface area contributed by atoms with Gasteiger partial charge in [0.15, 0.2) is 23.2 Å². The molecule has 194 valence electrons. The van der Waals surface area contributed by atoms with Gasteiger partial charge in [-0.05, 0) is 66.9 Å². The summed E-state index contributed by atoms with van der Waals surface area (Å²) in [4.78, 5) is 12.5. The average Bonchev–Trinajstić information content (AvgIpc) is 2.92. The predicted octanol–water partition coefficient (Wildman–Crippen LogP) is 8.01. The van der Waals surface area contributed by atoms with Crippen LogP contribution in [0.15, 0.2) is 91.5 Å². The molecular formula is C31H25F3O4. The Balaban J connectivity index is 1.47. The molecule has 4 nitrogen and oxygen atoms in total. The largest absolute Gasteiger partial charge is 0.494 e. The van der Waals surface area contributed by atoms with Crippen molar-refractivity contribution >= 4 is 5.97 Å². The van der Waals surface area contributed by atoms with Crippen LogP contribution in [-0.4, -0.2) is 19.2 Å². The highest BCUT2D eigenvalue weighted by Crippen LogP contribution is 2.33. The van der Waals surface area contributed by atoms with Crippen LogP contribution >= 0.6 is 0 Å². The van der Waals surface area contributed by atoms with E-state index in [2.05, 4.69) is 6.58 Å². The van der Waals surface area contributed by atoms with Gasteiger partial charge in [-0.15, -0.1) is 6.58 Å². The number of carbonyl (C=O) groups excluding carboxylic acids is 1. The third kappa shape index (κ3) is 6.06. The molecule has 0 fully saturated rings. The lowest BCUT2D eigenvalue weighted by atomic mass is 9.98. The molecule has 0 aliphatic carbocycles. The highest BCUT2D eigenvalue weighted by atomic mass is 19.2. The Hall–Kier alpha value is -4.52. The fourth-order valence-electron chi connectivity index (χ4n) is 3.76. The van der Waals surface area contributed by atoms with Crippen molar-refractivity contribution < 1.29 is 32.2 Å². The Morgan fingerprint density at radius 1 is 0.789 bits per heavy atom. The van der Waals surface area contributed by atoms with E-state index >= 15 is 0 Å². The molecule has 4 aromatic carbocycles. The molecule has 0 heterocycles. The summed E-state index contributed by atoms with van der Waals surface area (Å²) in [5.74, 6) is -2.60. The first-order valence-electron chi connectivity index (χ1n) is 12.0. The van der Waals surface area contributed by atoms with Crippen LogP contribution in [0.25, 0.3) is 22.3 Å². The maximum atomic E-state index is 15.0. The Labute approximate surface area is 218 Å². The van der Waals surface area contributed by atoms with E-state index in [4.69, 9.17) is 14.2 Å². The standard InChI is InChI=1S/C31H25F3O4/c1-3-5-18-37-28-17-10-22(19-27(28)32)31(35)38-24-13-8-21(9-14-24)26-16-15-25(29(33)30(26)34)20-6-11-23(12-7-20)36-4-2/h3,6-17,19H,1,4-5,18H2,2H3. The Morgan fingerprint density at radius 3 is 1.89 bits per heavy atom. The van der Waals surface area contributed by atoms with E-state index in [-0.39, 0.29) is 34.8 Å². The predicted molar refractivity (Wildman–Crippen MR) is 140 cm³/mol. The summed E-state index contributed by atoms with van der Waals surface area (Å²) in [6.07, 6.45) is 2.21. The highest BCUT2D eigenvalue weighted by Gasteiger charge is 2.17. The molecule has 0 aliphatic heterocycles. The molecule has 0 aliphatic rings. The van der Waals surface area contributed by atoms with Gasteiger partial charge in [0.05, 0.1) is 18.8 Å². The highest BCUT2D eigenvalue weighted by molar-refractivity contribution is 5.91. The van der Waals surface area contributed by atoms with Crippen LogP contribution in [0.1, 0.15) is 23.7 Å². The summed E-state index contributed by atoms with van der Waals surface area (Å²) < 4.78 is 60.2. The number of esters is 1. The van der Waals surface area contributed by atoms with Gasteiger partial charge in [-0.1, -0.05) is 42.5 Å². The third-order valence-corrected chi connectivity index (χ3v) is 5.68. The SMILES string of the molecule is C=CCCOc1ccc(C(=O)Oc2ccc(-c3ccc(-c4ccc(OCC)cc4)c(F)c3F)cc2)cc1F. The minimum atomic E-state index is -0.994. The van der Waals surface area contributed by atoms with Crippen molar-refractivity contribution in [1.29, 1.82) is 0 Å². The number of hydrogen-bond acceptors (Lipinski definition) is 4. The molecule has 0 aromatic heterocycles. The molecule has 0 saturated heterocycles. The lowest BCUT2D eigenvalue weighted by molar-refractivity contribution is 0.0734. The summed E-state index contributed by atoms with van der Waals surface area (Å²) in [7, 11) is 0. The molecule has 0 unspecified atom stereocenters. The number of ether oxygens (including phenoxy) is 3. The maximum absolute atomic E-state index is 15.0. The normalized spacial score (nSPS) is 10.6. The fourth-order valence-corrected chi connectivity index (χ4v) is 3.76. The number of benzene rings is 4. The van der Waals surface area contributed by atoms with Crippen LogP contribution in [0.3, 0.4) is 0 Å². The molecule has 0 atom stereocenters. The van der Waals surface area contributed by atoms with Crippen molar-refractivity contribution in [2.24, 2.45) is 0 Å². The molecule has 0 radical (unpaired) electrons. The zero-order chi connectivity index (χ0) is 27.1. The van der Waals surface area contributed by atoms with Gasteiger partial charge in [-0.3, -0.25) is 0 Å². The zero-order valence-corrected chi connectivity index (χ0v) is 20.7. The van der Waals surface area contributed by atoms with Crippen molar-refractivity contribution in [3.63, 3.8) is 0 Å². The van der Waals surface area contributed by atoms with Crippen molar-refractivity contribution in [3.05, 3.63) is 115 Å². The average molecular weight is 519 g/mol. The van der Waals surface area contributed by atoms with Gasteiger partial charge in [0.2, 0.25) is 0 Å². The van der Waals surface area contributed by atoms with Crippen LogP contribution < -0.4 is 14.2 Å². The Morgan fingerprint density at radius 2 is 1.37 bits per heavy atom. The van der Waals surface area contributed by atoms with Crippen LogP contribution in [0, 0.1) is 17.5 Å². The van der Waals surface area contributed by atoms with Crippen LogP contribution in [-0.2, 0) is 0 Å². The van der Waals surface area contributed by atoms with Crippen LogP contribution in [0.5, 0.6) is 17.2 Å². The maximum Gasteiger partial charge on any atom is 0.343 e. The van der Waals surface area contributed by atoms with Crippen LogP contribution in [0.2, 0.25) is 0 Å². The summed E-state index contributed by atoms with van der Waals surface area (Å²) in [5, 5.41) is 0. The fraction of sp³-hybridized carbons (Fsp3) is 0.129. The molecule has 4 aromatic rings. The van der Waals surface area contributed by atoms with E-state index in [1.54, 1.807) is 30.3 Å².